The van der Waals surface area contributed by atoms with Crippen molar-refractivity contribution in [3.05, 3.63) is 0 Å². The summed E-state index contributed by atoms with van der Waals surface area (Å²) < 4.78 is 0. The minimum Gasteiger partial charge on any atom is -0.391 e. The van der Waals surface area contributed by atoms with Gasteiger partial charge in [0.15, 0.2) is 0 Å². The Morgan fingerprint density at radius 1 is 1.44 bits per heavy atom. The minimum atomic E-state index is -0.376. The van der Waals surface area contributed by atoms with Gasteiger partial charge >= 0.3 is 6.03 Å². The van der Waals surface area contributed by atoms with Gasteiger partial charge in [-0.3, -0.25) is 0 Å². The van der Waals surface area contributed by atoms with E-state index in [2.05, 4.69) is 4.90 Å². The number of hydrogen-bond donors (Lipinski definition) is 1. The number of carbonyl (C=O) groups is 1. The van der Waals surface area contributed by atoms with Crippen LogP contribution in [0.2, 0.25) is 0 Å². The van der Waals surface area contributed by atoms with Crippen LogP contribution in [0.15, 0.2) is 0 Å². The van der Waals surface area contributed by atoms with Crippen molar-refractivity contribution in [2.45, 2.75) is 25.5 Å². The highest BCUT2D eigenvalue weighted by atomic mass is 16.3. The monoisotopic (exact) mass is 229 g/mol. The third kappa shape index (κ3) is 3.09. The molecule has 1 aliphatic heterocycles. The summed E-state index contributed by atoms with van der Waals surface area (Å²) in [5, 5.41) is 9.66. The fraction of sp³-hybridized carbons (Fsp3) is 0.909. The van der Waals surface area contributed by atoms with E-state index in [0.29, 0.717) is 19.5 Å². The van der Waals surface area contributed by atoms with E-state index in [-0.39, 0.29) is 18.2 Å². The summed E-state index contributed by atoms with van der Waals surface area (Å²) in [7, 11) is 5.76. The number of aliphatic hydroxyl groups is 1. The molecule has 2 atom stereocenters. The van der Waals surface area contributed by atoms with Gasteiger partial charge in [0, 0.05) is 32.7 Å². The summed E-state index contributed by atoms with van der Waals surface area (Å²) in [6, 6.07) is 0.150. The number of rotatable bonds is 3. The molecule has 1 fully saturated rings. The normalized spacial score (nSPS) is 25.2. The quantitative estimate of drug-likeness (QED) is 0.744. The molecule has 16 heavy (non-hydrogen) atoms. The maximum Gasteiger partial charge on any atom is 0.320 e. The number of hydrogen-bond acceptors (Lipinski definition) is 3. The van der Waals surface area contributed by atoms with Gasteiger partial charge in [0.2, 0.25) is 0 Å². The van der Waals surface area contributed by atoms with Gasteiger partial charge in [-0.2, -0.15) is 0 Å². The van der Waals surface area contributed by atoms with Crippen molar-refractivity contribution in [1.29, 1.82) is 0 Å². The smallest absolute Gasteiger partial charge is 0.320 e. The molecule has 1 aliphatic rings. The first kappa shape index (κ1) is 13.3. The highest BCUT2D eigenvalue weighted by Gasteiger charge is 2.35. The lowest BCUT2D eigenvalue weighted by Crippen LogP contribution is -2.47. The van der Waals surface area contributed by atoms with Gasteiger partial charge in [0.1, 0.15) is 0 Å². The first-order valence-electron chi connectivity index (χ1n) is 5.80. The molecule has 5 heteroatoms. The Morgan fingerprint density at radius 2 is 2.06 bits per heavy atom. The van der Waals surface area contributed by atoms with Crippen LogP contribution in [0.1, 0.15) is 13.3 Å². The topological polar surface area (TPSA) is 47.0 Å². The summed E-state index contributed by atoms with van der Waals surface area (Å²) in [5.41, 5.74) is 0. The predicted octanol–water partition coefficient (Wildman–Crippen LogP) is 0.0549. The fourth-order valence-corrected chi connectivity index (χ4v) is 2.08. The van der Waals surface area contributed by atoms with Crippen molar-refractivity contribution in [2.75, 3.05) is 40.8 Å². The number of likely N-dealkylation sites (tertiary alicyclic amines) is 1. The van der Waals surface area contributed by atoms with Gasteiger partial charge in [0.25, 0.3) is 0 Å². The van der Waals surface area contributed by atoms with Crippen LogP contribution in [0.25, 0.3) is 0 Å². The van der Waals surface area contributed by atoms with E-state index in [1.807, 2.05) is 21.0 Å². The van der Waals surface area contributed by atoms with Crippen LogP contribution in [-0.4, -0.2) is 78.8 Å². The number of aliphatic hydroxyl groups excluding tert-OH is 1. The largest absolute Gasteiger partial charge is 0.391 e. The summed E-state index contributed by atoms with van der Waals surface area (Å²) in [4.78, 5) is 17.6. The average Bonchev–Trinajstić information content (AvgIpc) is 2.56. The highest BCUT2D eigenvalue weighted by Crippen LogP contribution is 2.19. The van der Waals surface area contributed by atoms with Crippen LogP contribution >= 0.6 is 0 Å². The Labute approximate surface area is 97.6 Å². The number of nitrogens with zero attached hydrogens (tertiary/aromatic N) is 3. The number of carbonyl (C=O) groups excluding carboxylic acids is 1. The van der Waals surface area contributed by atoms with E-state index in [1.54, 1.807) is 16.8 Å². The maximum atomic E-state index is 12.0. The van der Waals surface area contributed by atoms with E-state index in [1.165, 1.54) is 0 Å². The summed E-state index contributed by atoms with van der Waals surface area (Å²) >= 11 is 0. The molecule has 0 aromatic heterocycles. The third-order valence-electron chi connectivity index (χ3n) is 3.01. The lowest BCUT2D eigenvalue weighted by Gasteiger charge is -2.30. The Kier molecular flexibility index (Phi) is 4.56. The number of likely N-dealkylation sites (N-methyl/N-ethyl adjacent to an activating group) is 1. The Morgan fingerprint density at radius 3 is 2.56 bits per heavy atom. The molecule has 0 aromatic rings. The predicted molar refractivity (Wildman–Crippen MR) is 63.4 cm³/mol. The van der Waals surface area contributed by atoms with Crippen LogP contribution in [0.3, 0.4) is 0 Å². The molecule has 2 amide bonds. The highest BCUT2D eigenvalue weighted by molar-refractivity contribution is 5.75. The van der Waals surface area contributed by atoms with Gasteiger partial charge in [-0.15, -0.1) is 0 Å². The van der Waals surface area contributed by atoms with Crippen LogP contribution in [0.4, 0.5) is 4.79 Å². The molecule has 0 radical (unpaired) electrons. The number of amides is 2. The van der Waals surface area contributed by atoms with E-state index >= 15 is 0 Å². The average molecular weight is 229 g/mol. The van der Waals surface area contributed by atoms with Gasteiger partial charge in [-0.05, 0) is 27.4 Å². The van der Waals surface area contributed by atoms with Gasteiger partial charge < -0.3 is 19.8 Å². The molecule has 2 unspecified atom stereocenters. The standard InChI is InChI=1S/C11H23N3O2/c1-5-13(4)11(16)14-8-10(15)6-9(14)7-12(2)3/h9-10,15H,5-8H2,1-4H3. The van der Waals surface area contributed by atoms with Crippen molar-refractivity contribution >= 4 is 6.03 Å². The van der Waals surface area contributed by atoms with Gasteiger partial charge in [-0.1, -0.05) is 0 Å². The van der Waals surface area contributed by atoms with Crippen molar-refractivity contribution < 1.29 is 9.90 Å². The van der Waals surface area contributed by atoms with Crippen molar-refractivity contribution in [2.24, 2.45) is 0 Å². The molecule has 5 nitrogen and oxygen atoms in total. The van der Waals surface area contributed by atoms with Crippen LogP contribution in [0, 0.1) is 0 Å². The molecular formula is C11H23N3O2. The fourth-order valence-electron chi connectivity index (χ4n) is 2.08. The van der Waals surface area contributed by atoms with E-state index in [0.717, 1.165) is 6.54 Å². The molecular weight excluding hydrogens is 206 g/mol. The van der Waals surface area contributed by atoms with Crippen molar-refractivity contribution in [1.82, 2.24) is 14.7 Å². The van der Waals surface area contributed by atoms with Crippen LogP contribution in [0.5, 0.6) is 0 Å². The molecule has 94 valence electrons. The summed E-state index contributed by atoms with van der Waals surface area (Å²) in [6.45, 7) is 3.91. The van der Waals surface area contributed by atoms with Gasteiger partial charge in [-0.25, -0.2) is 4.79 Å². The van der Waals surface area contributed by atoms with E-state index < -0.39 is 0 Å². The molecule has 1 saturated heterocycles. The molecule has 0 spiro atoms. The first-order chi connectivity index (χ1) is 7.45. The summed E-state index contributed by atoms with van der Waals surface area (Å²) in [5.74, 6) is 0. The van der Waals surface area contributed by atoms with E-state index in [9.17, 15) is 9.90 Å². The molecule has 0 saturated carbocycles. The van der Waals surface area contributed by atoms with E-state index in [4.69, 9.17) is 0 Å². The molecule has 1 heterocycles. The SMILES string of the molecule is CCN(C)C(=O)N1CC(O)CC1CN(C)C. The van der Waals surface area contributed by atoms with Crippen molar-refractivity contribution in [3.63, 3.8) is 0 Å². The second-order valence-electron chi connectivity index (χ2n) is 4.75. The van der Waals surface area contributed by atoms with Gasteiger partial charge in [0.05, 0.1) is 6.10 Å². The third-order valence-corrected chi connectivity index (χ3v) is 3.01. The molecule has 1 rings (SSSR count). The molecule has 1 N–H and O–H groups in total. The minimum absolute atomic E-state index is 0.0194. The summed E-state index contributed by atoms with van der Waals surface area (Å²) in [6.07, 6.45) is 0.306. The molecule has 0 aliphatic carbocycles. The number of β-amino-alcohol motifs (C(OH)–C–C–N with tert-alkyl or cyclic N) is 1. The zero-order valence-corrected chi connectivity index (χ0v) is 10.7. The lowest BCUT2D eigenvalue weighted by atomic mass is 10.2. The Balaban J connectivity index is 2.65. The zero-order chi connectivity index (χ0) is 12.3. The first-order valence-corrected chi connectivity index (χ1v) is 5.80. The second kappa shape index (κ2) is 5.50. The second-order valence-corrected chi connectivity index (χ2v) is 4.75. The molecule has 0 bridgehead atoms. The zero-order valence-electron chi connectivity index (χ0n) is 10.7. The van der Waals surface area contributed by atoms with Crippen LogP contribution < -0.4 is 0 Å². The lowest BCUT2D eigenvalue weighted by molar-refractivity contribution is 0.143. The Hall–Kier alpha value is -0.810. The maximum absolute atomic E-state index is 12.0. The van der Waals surface area contributed by atoms with Crippen LogP contribution in [-0.2, 0) is 0 Å². The molecule has 0 aromatic carbocycles. The Bertz CT molecular complexity index is 245. The number of urea groups is 1. The van der Waals surface area contributed by atoms with Crippen molar-refractivity contribution in [3.8, 4) is 0 Å².